The molecule has 0 saturated carbocycles. The van der Waals surface area contributed by atoms with Crippen LogP contribution in [-0.4, -0.2) is 25.2 Å². The van der Waals surface area contributed by atoms with Crippen LogP contribution in [0.25, 0.3) is 0 Å². The van der Waals surface area contributed by atoms with Crippen molar-refractivity contribution in [3.63, 3.8) is 0 Å². The number of rotatable bonds is 3. The van der Waals surface area contributed by atoms with Crippen LogP contribution >= 0.6 is 0 Å². The van der Waals surface area contributed by atoms with Gasteiger partial charge in [0.25, 0.3) is 0 Å². The Morgan fingerprint density at radius 3 is 2.75 bits per heavy atom. The summed E-state index contributed by atoms with van der Waals surface area (Å²) in [6, 6.07) is 7.95. The zero-order chi connectivity index (χ0) is 11.5. The largest absolute Gasteiger partial charge is 0.497 e. The Morgan fingerprint density at radius 2 is 2.12 bits per heavy atom. The minimum absolute atomic E-state index is 0.392. The number of methoxy groups -OCH3 is 1. The lowest BCUT2D eigenvalue weighted by atomic mass is 10.1. The molecule has 0 saturated heterocycles. The molecule has 0 N–H and O–H groups in total. The van der Waals surface area contributed by atoms with Gasteiger partial charge < -0.3 is 4.74 Å². The van der Waals surface area contributed by atoms with E-state index in [0.717, 1.165) is 22.9 Å². The van der Waals surface area contributed by atoms with Gasteiger partial charge in [-0.05, 0) is 12.1 Å². The van der Waals surface area contributed by atoms with Crippen LogP contribution in [0.3, 0.4) is 0 Å². The number of hydrogen-bond donors (Lipinski definition) is 0. The van der Waals surface area contributed by atoms with Gasteiger partial charge >= 0.3 is 0 Å². The molecule has 0 spiro atoms. The van der Waals surface area contributed by atoms with Gasteiger partial charge in [0.15, 0.2) is 0 Å². The Hall–Kier alpha value is -1.64. The van der Waals surface area contributed by atoms with Gasteiger partial charge in [0.1, 0.15) is 11.6 Å². The summed E-state index contributed by atoms with van der Waals surface area (Å²) in [6.07, 6.45) is 0. The predicted molar refractivity (Wildman–Crippen MR) is 66.7 cm³/mol. The third-order valence-electron chi connectivity index (χ3n) is 2.56. The molecule has 0 amide bonds. The molecule has 3 nitrogen and oxygen atoms in total. The standard InChI is InChI=1S/C13H16N2O/c1-9(2)13-14-8-12(15-13)10-5-4-6-11(7-10)16-3/h4-7,9H,8H2,1-3H3. The summed E-state index contributed by atoms with van der Waals surface area (Å²) in [5.41, 5.74) is 2.13. The second kappa shape index (κ2) is 4.47. The monoisotopic (exact) mass is 216 g/mol. The molecule has 1 aromatic rings. The Balaban J connectivity index is 2.24. The van der Waals surface area contributed by atoms with Crippen LogP contribution in [0, 0.1) is 5.92 Å². The first-order valence-corrected chi connectivity index (χ1v) is 5.47. The van der Waals surface area contributed by atoms with E-state index in [9.17, 15) is 0 Å². The van der Waals surface area contributed by atoms with E-state index in [4.69, 9.17) is 4.74 Å². The lowest BCUT2D eigenvalue weighted by Crippen LogP contribution is -2.03. The summed E-state index contributed by atoms with van der Waals surface area (Å²) in [7, 11) is 1.67. The summed E-state index contributed by atoms with van der Waals surface area (Å²) in [4.78, 5) is 8.96. The number of amidine groups is 1. The lowest BCUT2D eigenvalue weighted by molar-refractivity contribution is 0.414. The van der Waals surface area contributed by atoms with Gasteiger partial charge in [-0.2, -0.15) is 0 Å². The third-order valence-corrected chi connectivity index (χ3v) is 2.56. The Kier molecular flexibility index (Phi) is 3.04. The first-order chi connectivity index (χ1) is 7.70. The first kappa shape index (κ1) is 10.9. The van der Waals surface area contributed by atoms with Gasteiger partial charge in [-0.15, -0.1) is 0 Å². The molecule has 0 aromatic heterocycles. The van der Waals surface area contributed by atoms with Crippen LogP contribution in [0.1, 0.15) is 19.4 Å². The highest BCUT2D eigenvalue weighted by atomic mass is 16.5. The molecule has 0 atom stereocenters. The fraction of sp³-hybridized carbons (Fsp3) is 0.385. The first-order valence-electron chi connectivity index (χ1n) is 5.47. The summed E-state index contributed by atoms with van der Waals surface area (Å²) < 4.78 is 5.20. The fourth-order valence-corrected chi connectivity index (χ4v) is 1.63. The Labute approximate surface area is 95.9 Å². The summed E-state index contributed by atoms with van der Waals surface area (Å²) >= 11 is 0. The lowest BCUT2D eigenvalue weighted by Gasteiger charge is -2.03. The molecule has 1 heterocycles. The van der Waals surface area contributed by atoms with Crippen molar-refractivity contribution in [1.82, 2.24) is 0 Å². The molecule has 3 heteroatoms. The molecule has 84 valence electrons. The maximum absolute atomic E-state index is 5.20. The highest BCUT2D eigenvalue weighted by molar-refractivity contribution is 6.13. The molecule has 2 rings (SSSR count). The average molecular weight is 216 g/mol. The molecule has 1 aromatic carbocycles. The molecule has 1 aliphatic heterocycles. The normalized spacial score (nSPS) is 15.0. The number of benzene rings is 1. The zero-order valence-corrected chi connectivity index (χ0v) is 9.90. The average Bonchev–Trinajstić information content (AvgIpc) is 2.78. The van der Waals surface area contributed by atoms with Crippen molar-refractivity contribution in [2.45, 2.75) is 13.8 Å². The van der Waals surface area contributed by atoms with E-state index in [1.807, 2.05) is 24.3 Å². The molecule has 0 bridgehead atoms. The van der Waals surface area contributed by atoms with Crippen LogP contribution in [0.2, 0.25) is 0 Å². The van der Waals surface area contributed by atoms with E-state index in [0.29, 0.717) is 12.5 Å². The maximum atomic E-state index is 5.20. The number of aliphatic imine (C=N–C) groups is 2. The van der Waals surface area contributed by atoms with Crippen molar-refractivity contribution in [2.24, 2.45) is 15.9 Å². The molecule has 0 aliphatic carbocycles. The minimum atomic E-state index is 0.392. The van der Waals surface area contributed by atoms with Crippen LogP contribution in [0.15, 0.2) is 34.3 Å². The van der Waals surface area contributed by atoms with Crippen molar-refractivity contribution >= 4 is 11.5 Å². The number of ether oxygens (including phenoxy) is 1. The Morgan fingerprint density at radius 1 is 1.31 bits per heavy atom. The van der Waals surface area contributed by atoms with Crippen molar-refractivity contribution in [1.29, 1.82) is 0 Å². The van der Waals surface area contributed by atoms with E-state index >= 15 is 0 Å². The predicted octanol–water partition coefficient (Wildman–Crippen LogP) is 2.55. The molecule has 0 radical (unpaired) electrons. The van der Waals surface area contributed by atoms with Gasteiger partial charge in [-0.1, -0.05) is 26.0 Å². The summed E-state index contributed by atoms with van der Waals surface area (Å²) in [5.74, 6) is 2.19. The topological polar surface area (TPSA) is 34.0 Å². The van der Waals surface area contributed by atoms with Crippen LogP contribution < -0.4 is 4.74 Å². The summed E-state index contributed by atoms with van der Waals surface area (Å²) in [6.45, 7) is 4.90. The summed E-state index contributed by atoms with van der Waals surface area (Å²) in [5, 5.41) is 0. The van der Waals surface area contributed by atoms with E-state index in [2.05, 4.69) is 23.8 Å². The smallest absolute Gasteiger partial charge is 0.126 e. The van der Waals surface area contributed by atoms with Gasteiger partial charge in [-0.3, -0.25) is 4.99 Å². The van der Waals surface area contributed by atoms with Crippen molar-refractivity contribution in [2.75, 3.05) is 13.7 Å². The van der Waals surface area contributed by atoms with E-state index in [1.54, 1.807) is 7.11 Å². The highest BCUT2D eigenvalue weighted by Crippen LogP contribution is 2.16. The van der Waals surface area contributed by atoms with Crippen LogP contribution in [0.4, 0.5) is 0 Å². The molecular formula is C13H16N2O. The van der Waals surface area contributed by atoms with Crippen LogP contribution in [-0.2, 0) is 0 Å². The van der Waals surface area contributed by atoms with Crippen molar-refractivity contribution < 1.29 is 4.74 Å². The van der Waals surface area contributed by atoms with E-state index in [1.165, 1.54) is 0 Å². The SMILES string of the molecule is COc1cccc(C2=NC(C(C)C)=NC2)c1. The fourth-order valence-electron chi connectivity index (χ4n) is 1.63. The van der Waals surface area contributed by atoms with E-state index < -0.39 is 0 Å². The van der Waals surface area contributed by atoms with E-state index in [-0.39, 0.29) is 0 Å². The zero-order valence-electron chi connectivity index (χ0n) is 9.90. The third kappa shape index (κ3) is 2.13. The van der Waals surface area contributed by atoms with Crippen molar-refractivity contribution in [3.05, 3.63) is 29.8 Å². The molecule has 1 aliphatic rings. The highest BCUT2D eigenvalue weighted by Gasteiger charge is 2.14. The Bertz CT molecular complexity index is 447. The number of nitrogens with zero attached hydrogens (tertiary/aromatic N) is 2. The maximum Gasteiger partial charge on any atom is 0.126 e. The van der Waals surface area contributed by atoms with Gasteiger partial charge in [0.2, 0.25) is 0 Å². The molecule has 16 heavy (non-hydrogen) atoms. The molecular weight excluding hydrogens is 200 g/mol. The van der Waals surface area contributed by atoms with Gasteiger partial charge in [-0.25, -0.2) is 4.99 Å². The minimum Gasteiger partial charge on any atom is -0.497 e. The quantitative estimate of drug-likeness (QED) is 0.764. The van der Waals surface area contributed by atoms with Crippen molar-refractivity contribution in [3.8, 4) is 5.75 Å². The molecule has 0 unspecified atom stereocenters. The van der Waals surface area contributed by atoms with Crippen LogP contribution in [0.5, 0.6) is 5.75 Å². The second-order valence-electron chi connectivity index (χ2n) is 4.12. The van der Waals surface area contributed by atoms with Gasteiger partial charge in [0, 0.05) is 11.5 Å². The van der Waals surface area contributed by atoms with Gasteiger partial charge in [0.05, 0.1) is 19.4 Å². The number of hydrogen-bond acceptors (Lipinski definition) is 3. The second-order valence-corrected chi connectivity index (χ2v) is 4.12. The molecule has 0 fully saturated rings.